The minimum atomic E-state index is -1.46. The zero-order valence-corrected chi connectivity index (χ0v) is 88.1. The molecule has 127 heavy (non-hydrogen) atoms. The smallest absolute Gasteiger partial charge is 0.397 e. The molecule has 722 valence electrons. The van der Waals surface area contributed by atoms with Gasteiger partial charge in [0.15, 0.2) is 0 Å². The molecule has 4 aliphatic rings. The number of hydrogen-bond acceptors (Lipinski definition) is 20. The van der Waals surface area contributed by atoms with E-state index >= 15 is 0 Å². The molecule has 8 rings (SSSR count). The first-order valence-corrected chi connectivity index (χ1v) is 51.9. The molecule has 0 radical (unpaired) electrons. The second-order valence-corrected chi connectivity index (χ2v) is 47.0. The Labute approximate surface area is 774 Å². The first kappa shape index (κ1) is 113. The number of unbranched alkanes of at least 4 members (excludes halogenated alkanes) is 8. The minimum absolute atomic E-state index is 0.000346. The lowest BCUT2D eigenvalue weighted by atomic mass is 9.78. The van der Waals surface area contributed by atoms with Gasteiger partial charge in [-0.1, -0.05) is 306 Å². The quantitative estimate of drug-likeness (QED) is 0.0176. The molecule has 24 heteroatoms. The molecule has 20 nitrogen and oxygen atoms in total. The van der Waals surface area contributed by atoms with E-state index in [1.165, 1.54) is 85.5 Å². The van der Waals surface area contributed by atoms with Crippen molar-refractivity contribution in [2.45, 2.75) is 386 Å². The highest BCUT2D eigenvalue weighted by Gasteiger charge is 2.43. The molecule has 0 amide bonds. The highest BCUT2D eigenvalue weighted by molar-refractivity contribution is 7.43. The van der Waals surface area contributed by atoms with E-state index in [4.69, 9.17) is 73.2 Å². The van der Waals surface area contributed by atoms with Crippen molar-refractivity contribution >= 4 is 58.3 Å². The lowest BCUT2D eigenvalue weighted by Gasteiger charge is -2.39. The summed E-state index contributed by atoms with van der Waals surface area (Å²) in [6.07, 6.45) is 24.9. The van der Waals surface area contributed by atoms with Gasteiger partial charge in [0.05, 0.1) is 80.8 Å². The standard InChI is InChI=1S/C30H51O5P.C27H45O5P.2C23H37O5P/c1-7-10-12-13-14-15-21-32-28(31)19-17-25-16-18-27(26(22-25)29(4,5)6)35-36-33-23-30(9-3,24-34-36)20-11-8-2;1-10-12-15-27(11-2)18-30-33(31-19-27)32-24-21(25(3,4)5)16-20(13-14-23(28)29-9)17-22(24)26(6,7)8;1-21(2,3)17-12-16(10-11-19(24)25-9)13-18(22(4,5)6)20(17)28-29-26-14-23(7,8)15-27-29;1-7-9-14-23(8-2)16-26-29(27-17-23)28-20-12-10-18(11-13-21(24)25-6)15-19(20)22(3,4)5/h16,18,22H,7-15,17,19-21,23-24H2,1-6H3;16-17H,10-15,18-19H2,1-9H3;12-13H,10-11,14-15H2,1-9H3;10,12,15H,7-9,11,13-14,16-17H2,1-6H3. The molecule has 0 bridgehead atoms. The van der Waals surface area contributed by atoms with Crippen LogP contribution in [0.25, 0.3) is 0 Å². The Bertz CT molecular complexity index is 3860. The molecule has 0 atom stereocenters. The van der Waals surface area contributed by atoms with Crippen LogP contribution in [-0.4, -0.2) is 105 Å². The third kappa shape index (κ3) is 38.3. The van der Waals surface area contributed by atoms with Crippen molar-refractivity contribution in [1.82, 2.24) is 0 Å². The van der Waals surface area contributed by atoms with Crippen LogP contribution in [0.3, 0.4) is 0 Å². The number of aryl methyl sites for hydroxylation is 4. The van der Waals surface area contributed by atoms with Gasteiger partial charge in [-0.25, -0.2) is 0 Å². The fourth-order valence-electron chi connectivity index (χ4n) is 15.0. The third-order valence-corrected chi connectivity index (χ3v) is 28.3. The van der Waals surface area contributed by atoms with Crippen molar-refractivity contribution in [2.24, 2.45) is 21.7 Å². The molecule has 0 aromatic heterocycles. The molecule has 0 saturated carbocycles. The SMILES string of the molecule is CCCCC1(CC)COP(Oc2c(C(C)(C)C)cc(CCC(=O)OC)cc2C(C)(C)C)OC1.CCCCC1(CC)COP(Oc2ccc(CCC(=O)OC)cc2C(C)(C)C)OC1.CCCCCCCCOC(=O)CCc1ccc(OP2OCC(CC)(CCCC)CO2)c(C(C)(C)C)c1.COC(=O)CCc1cc(C(C)(C)C)c(OP2OCC(C)(C)CO2)c(C(C)(C)C)c1. The maximum absolute atomic E-state index is 12.2. The summed E-state index contributed by atoms with van der Waals surface area (Å²) in [5.74, 6) is 2.60. The van der Waals surface area contributed by atoms with Crippen molar-refractivity contribution in [3.8, 4) is 23.0 Å². The summed E-state index contributed by atoms with van der Waals surface area (Å²) in [6, 6.07) is 20.9. The largest absolute Gasteiger partial charge is 0.469 e. The van der Waals surface area contributed by atoms with Crippen LogP contribution in [0.5, 0.6) is 23.0 Å². The molecule has 0 unspecified atom stereocenters. The van der Waals surface area contributed by atoms with Gasteiger partial charge in [-0.15, -0.1) is 0 Å². The van der Waals surface area contributed by atoms with Crippen molar-refractivity contribution in [1.29, 1.82) is 0 Å². The lowest BCUT2D eigenvalue weighted by Crippen LogP contribution is -2.35. The zero-order valence-electron chi connectivity index (χ0n) is 84.5. The van der Waals surface area contributed by atoms with E-state index in [2.05, 4.69) is 223 Å². The van der Waals surface area contributed by atoms with Crippen molar-refractivity contribution in [2.75, 3.05) is 80.8 Å². The van der Waals surface area contributed by atoms with E-state index in [0.717, 1.165) is 130 Å². The van der Waals surface area contributed by atoms with E-state index in [0.29, 0.717) is 111 Å². The summed E-state index contributed by atoms with van der Waals surface area (Å²) >= 11 is 0. The molecule has 0 N–H and O–H groups in total. The predicted octanol–water partition coefficient (Wildman–Crippen LogP) is 29.1. The Balaban J connectivity index is 0.000000301. The first-order chi connectivity index (χ1) is 59.5. The lowest BCUT2D eigenvalue weighted by molar-refractivity contribution is -0.144. The number of rotatable bonds is 39. The van der Waals surface area contributed by atoms with Crippen LogP contribution < -0.4 is 18.1 Å². The van der Waals surface area contributed by atoms with Crippen LogP contribution in [0, 0.1) is 21.7 Å². The summed E-state index contributed by atoms with van der Waals surface area (Å²) in [4.78, 5) is 47.1. The Hall–Kier alpha value is -4.64. The molecular formula is C103H170O20P4. The van der Waals surface area contributed by atoms with Crippen LogP contribution in [-0.2, 0) is 132 Å². The normalized spacial score (nSPS) is 20.6. The highest BCUT2D eigenvalue weighted by atomic mass is 31.2. The summed E-state index contributed by atoms with van der Waals surface area (Å²) in [5, 5.41) is 0. The highest BCUT2D eigenvalue weighted by Crippen LogP contribution is 2.57. The molecule has 4 fully saturated rings. The van der Waals surface area contributed by atoms with E-state index in [-0.39, 0.29) is 78.0 Å². The fourth-order valence-corrected chi connectivity index (χ4v) is 20.2. The molecule has 0 spiro atoms. The van der Waals surface area contributed by atoms with Gasteiger partial charge in [-0.2, -0.15) is 0 Å². The summed E-state index contributed by atoms with van der Waals surface area (Å²) in [7, 11) is -1.42. The number of methoxy groups -OCH3 is 3. The van der Waals surface area contributed by atoms with Crippen LogP contribution in [0.15, 0.2) is 60.7 Å². The van der Waals surface area contributed by atoms with E-state index in [1.54, 1.807) is 0 Å². The topological polar surface area (TPSA) is 216 Å². The number of carbonyl (C=O) groups is 4. The van der Waals surface area contributed by atoms with Crippen LogP contribution >= 0.6 is 34.4 Å². The van der Waals surface area contributed by atoms with Crippen molar-refractivity contribution < 1.29 is 92.4 Å². The Morgan fingerprint density at radius 1 is 0.315 bits per heavy atom. The first-order valence-electron chi connectivity index (χ1n) is 47.5. The fraction of sp³-hybridized carbons (Fsp3) is 0.728. The Morgan fingerprint density at radius 2 is 0.567 bits per heavy atom. The number of hydrogen-bond donors (Lipinski definition) is 0. The second-order valence-electron chi connectivity index (χ2n) is 42.4. The summed E-state index contributed by atoms with van der Waals surface area (Å²) < 4.78 is 93.8. The molecule has 4 saturated heterocycles. The second kappa shape index (κ2) is 52.9. The van der Waals surface area contributed by atoms with Crippen LogP contribution in [0.2, 0.25) is 0 Å². The number of ether oxygens (including phenoxy) is 4. The Morgan fingerprint density at radius 3 is 0.843 bits per heavy atom. The van der Waals surface area contributed by atoms with E-state index in [1.807, 2.05) is 24.3 Å². The predicted molar refractivity (Wildman–Crippen MR) is 520 cm³/mol. The average molecular weight is 1850 g/mol. The van der Waals surface area contributed by atoms with Gasteiger partial charge < -0.3 is 73.2 Å². The van der Waals surface area contributed by atoms with Gasteiger partial charge in [0.1, 0.15) is 23.0 Å². The number of carbonyl (C=O) groups excluding carboxylic acids is 4. The molecule has 4 aliphatic heterocycles. The maximum Gasteiger partial charge on any atom is 0.397 e. The average Bonchev–Trinajstić information content (AvgIpc) is 0.774. The maximum atomic E-state index is 12.2. The van der Waals surface area contributed by atoms with Gasteiger partial charge in [0.2, 0.25) is 0 Å². The third-order valence-electron chi connectivity index (χ3n) is 24.2. The molecule has 4 heterocycles. The Kier molecular flexibility index (Phi) is 47.0. The van der Waals surface area contributed by atoms with Gasteiger partial charge >= 0.3 is 58.3 Å². The van der Waals surface area contributed by atoms with Crippen LogP contribution in [0.1, 0.15) is 384 Å². The minimum Gasteiger partial charge on any atom is -0.469 e. The van der Waals surface area contributed by atoms with Crippen molar-refractivity contribution in [3.05, 3.63) is 116 Å². The summed E-state index contributed by atoms with van der Waals surface area (Å²) in [5.41, 5.74) is 10.6. The van der Waals surface area contributed by atoms with E-state index in [9.17, 15) is 19.2 Å². The molecule has 4 aromatic rings. The zero-order chi connectivity index (χ0) is 94.8. The number of benzene rings is 4. The molecular weight excluding hydrogens is 1680 g/mol. The van der Waals surface area contributed by atoms with Gasteiger partial charge in [0.25, 0.3) is 0 Å². The molecule has 0 aliphatic carbocycles. The van der Waals surface area contributed by atoms with Crippen LogP contribution in [0.4, 0.5) is 0 Å². The van der Waals surface area contributed by atoms with Gasteiger partial charge in [-0.05, 0) is 138 Å². The molecule has 4 aromatic carbocycles. The van der Waals surface area contributed by atoms with E-state index < -0.39 is 34.4 Å². The monoisotopic (exact) mass is 1850 g/mol. The number of esters is 4. The van der Waals surface area contributed by atoms with Gasteiger partial charge in [-0.3, -0.25) is 19.2 Å². The van der Waals surface area contributed by atoms with Gasteiger partial charge in [0, 0.05) is 80.7 Å². The van der Waals surface area contributed by atoms with Crippen molar-refractivity contribution in [3.63, 3.8) is 0 Å². The summed E-state index contributed by atoms with van der Waals surface area (Å²) in [6.45, 7) is 64.8.